The van der Waals surface area contributed by atoms with Gasteiger partial charge in [-0.1, -0.05) is 92.1 Å². The largest absolute Gasteiger partial charge is 0.497 e. The Balaban J connectivity index is 1.20. The molecule has 0 bridgehead atoms. The first kappa shape index (κ1) is 67.2. The number of methoxy groups -OCH3 is 6. The predicted octanol–water partition coefficient (Wildman–Crippen LogP) is 11.8. The van der Waals surface area contributed by atoms with Crippen molar-refractivity contribution in [1.82, 2.24) is 0 Å². The summed E-state index contributed by atoms with van der Waals surface area (Å²) in [7, 11) is 9.77. The lowest BCUT2D eigenvalue weighted by Gasteiger charge is -2.50. The standard InChI is InChI=1S/C71H88O17/c1-9-10-11-12-13-14-15-16-49(2)85-71-69(67(83-45-54-25-37-60(77-7)38-26-54)65(81-43-52-21-33-58(75-5)34-22-52)63(87-71)48-80-42-51-19-31-57(74-4)32-20-51)88-70-68(84-46-55-27-39-61(78-8)40-28-55)66(82-44-53-23-35-59(76-6)36-24-53)64(72)62(86-70)47-79-41-50-17-29-56(73-3)30-18-50/h17-40,49,62-72H,11-16,41-48H2,1-8H3/t49-,62+,63+,64+,65+,66-,67-,68+,69+,70-,71+/m0/s1. The Kier molecular flexibility index (Phi) is 27.5. The Bertz CT molecular complexity index is 2950. The summed E-state index contributed by atoms with van der Waals surface area (Å²) in [5.41, 5.74) is 5.23. The summed E-state index contributed by atoms with van der Waals surface area (Å²) in [6.07, 6.45) is -5.22. The molecule has 2 aliphatic rings. The molecule has 0 spiro atoms. The van der Waals surface area contributed by atoms with E-state index < -0.39 is 61.4 Å². The van der Waals surface area contributed by atoms with Gasteiger partial charge in [-0.25, -0.2) is 0 Å². The van der Waals surface area contributed by atoms with Gasteiger partial charge in [0, 0.05) is 6.42 Å². The van der Waals surface area contributed by atoms with Gasteiger partial charge in [-0.15, -0.1) is 11.8 Å². The van der Waals surface area contributed by atoms with E-state index >= 15 is 0 Å². The molecule has 11 atom stereocenters. The van der Waals surface area contributed by atoms with E-state index in [0.717, 1.165) is 83.4 Å². The van der Waals surface area contributed by atoms with Crippen LogP contribution in [0, 0.1) is 11.8 Å². The summed E-state index contributed by atoms with van der Waals surface area (Å²) >= 11 is 0. The normalized spacial score (nSPS) is 22.0. The van der Waals surface area contributed by atoms with Gasteiger partial charge in [0.2, 0.25) is 0 Å². The fourth-order valence-corrected chi connectivity index (χ4v) is 10.4. The molecule has 8 rings (SSSR count). The molecule has 6 aromatic carbocycles. The number of hydrogen-bond donors (Lipinski definition) is 1. The Morgan fingerprint density at radius 2 is 0.750 bits per heavy atom. The molecular weight excluding hydrogens is 1120 g/mol. The minimum Gasteiger partial charge on any atom is -0.497 e. The molecule has 88 heavy (non-hydrogen) atoms. The monoisotopic (exact) mass is 1210 g/mol. The van der Waals surface area contributed by atoms with Crippen LogP contribution in [0.2, 0.25) is 0 Å². The highest BCUT2D eigenvalue weighted by Gasteiger charge is 2.54. The first-order valence-electron chi connectivity index (χ1n) is 30.2. The molecule has 0 amide bonds. The van der Waals surface area contributed by atoms with E-state index in [9.17, 15) is 5.11 Å². The molecule has 2 fully saturated rings. The van der Waals surface area contributed by atoms with Crippen molar-refractivity contribution in [3.8, 4) is 46.3 Å². The van der Waals surface area contributed by atoms with E-state index in [2.05, 4.69) is 11.8 Å². The first-order chi connectivity index (χ1) is 43.1. The van der Waals surface area contributed by atoms with Gasteiger partial charge in [0.05, 0.1) is 102 Å². The molecule has 17 heteroatoms. The second-order valence-corrected chi connectivity index (χ2v) is 21.7. The predicted molar refractivity (Wildman–Crippen MR) is 331 cm³/mol. The molecule has 474 valence electrons. The van der Waals surface area contributed by atoms with Crippen LogP contribution >= 0.6 is 0 Å². The van der Waals surface area contributed by atoms with Gasteiger partial charge < -0.3 is 80.9 Å². The lowest BCUT2D eigenvalue weighted by Crippen LogP contribution is -2.66. The van der Waals surface area contributed by atoms with Crippen molar-refractivity contribution >= 4 is 0 Å². The molecule has 17 nitrogen and oxygen atoms in total. The van der Waals surface area contributed by atoms with Crippen molar-refractivity contribution in [2.24, 2.45) is 0 Å². The first-order valence-corrected chi connectivity index (χ1v) is 30.2. The Hall–Kier alpha value is -6.76. The van der Waals surface area contributed by atoms with Crippen LogP contribution in [0.3, 0.4) is 0 Å². The van der Waals surface area contributed by atoms with Crippen molar-refractivity contribution < 1.29 is 80.9 Å². The molecule has 2 saturated heterocycles. The zero-order chi connectivity index (χ0) is 61.9. The van der Waals surface area contributed by atoms with Crippen LogP contribution in [0.4, 0.5) is 0 Å². The molecule has 0 radical (unpaired) electrons. The molecule has 2 heterocycles. The zero-order valence-corrected chi connectivity index (χ0v) is 52.1. The number of aliphatic hydroxyl groups is 1. The van der Waals surface area contributed by atoms with E-state index in [1.54, 1.807) is 42.7 Å². The van der Waals surface area contributed by atoms with Gasteiger partial charge in [0.1, 0.15) is 83.3 Å². The number of rotatable bonds is 36. The topological polar surface area (TPSA) is 168 Å². The van der Waals surface area contributed by atoms with Crippen molar-refractivity contribution in [3.05, 3.63) is 179 Å². The number of aliphatic hydroxyl groups excluding tert-OH is 1. The van der Waals surface area contributed by atoms with Gasteiger partial charge in [-0.05, 0) is 133 Å². The minimum absolute atomic E-state index is 0.0532. The lowest BCUT2D eigenvalue weighted by atomic mass is 9.96. The molecule has 0 saturated carbocycles. The van der Waals surface area contributed by atoms with Crippen LogP contribution in [-0.2, 0) is 87.0 Å². The summed E-state index contributed by atoms with van der Waals surface area (Å²) in [5.74, 6) is 10.4. The Morgan fingerprint density at radius 1 is 0.398 bits per heavy atom. The van der Waals surface area contributed by atoms with Gasteiger partial charge in [-0.2, -0.15) is 0 Å². The summed E-state index contributed by atoms with van der Waals surface area (Å²) in [5, 5.41) is 12.7. The van der Waals surface area contributed by atoms with Crippen LogP contribution in [-0.4, -0.2) is 128 Å². The summed E-state index contributed by atoms with van der Waals surface area (Å²) in [6, 6.07) is 45.9. The van der Waals surface area contributed by atoms with E-state index in [1.165, 1.54) is 0 Å². The average molecular weight is 1210 g/mol. The fourth-order valence-electron chi connectivity index (χ4n) is 10.4. The SMILES string of the molecule is CC#CCCCCCC[C@H](C)O[C@@H]1O[C@H](COCc2ccc(OC)cc2)[C@@H](OCc2ccc(OC)cc2)[C@H](OCc2ccc(OC)cc2)[C@H]1O[C@@H]1O[C@H](COCc2ccc(OC)cc2)[C@@H](O)[C@H](OCc2ccc(OC)cc2)[C@H]1OCc1ccc(OC)cc1. The second-order valence-electron chi connectivity index (χ2n) is 21.7. The quantitative estimate of drug-likeness (QED) is 0.0291. The lowest BCUT2D eigenvalue weighted by molar-refractivity contribution is -0.384. The average Bonchev–Trinajstić information content (AvgIpc) is 2.78. The van der Waals surface area contributed by atoms with Gasteiger partial charge in [0.25, 0.3) is 0 Å². The van der Waals surface area contributed by atoms with Crippen LogP contribution in [0.15, 0.2) is 146 Å². The molecule has 6 aromatic rings. The molecular formula is C71H88O17. The third-order valence-electron chi connectivity index (χ3n) is 15.5. The van der Waals surface area contributed by atoms with Crippen LogP contribution in [0.5, 0.6) is 34.5 Å². The van der Waals surface area contributed by atoms with Crippen LogP contribution < -0.4 is 28.4 Å². The highest BCUT2D eigenvalue weighted by molar-refractivity contribution is 5.31. The summed E-state index contributed by atoms with van der Waals surface area (Å²) < 4.78 is 103. The molecule has 0 aromatic heterocycles. The van der Waals surface area contributed by atoms with Gasteiger partial charge in [-0.3, -0.25) is 0 Å². The summed E-state index contributed by atoms with van der Waals surface area (Å²) in [4.78, 5) is 0. The zero-order valence-electron chi connectivity index (χ0n) is 52.1. The van der Waals surface area contributed by atoms with Gasteiger partial charge >= 0.3 is 0 Å². The number of unbranched alkanes of at least 4 members (excludes halogenated alkanes) is 4. The smallest absolute Gasteiger partial charge is 0.187 e. The van der Waals surface area contributed by atoms with Crippen LogP contribution in [0.25, 0.3) is 0 Å². The van der Waals surface area contributed by atoms with Crippen molar-refractivity contribution in [1.29, 1.82) is 0 Å². The Labute approximate surface area is 519 Å². The molecule has 0 unspecified atom stereocenters. The second kappa shape index (κ2) is 36.0. The number of ether oxygens (including phenoxy) is 16. The van der Waals surface area contributed by atoms with Crippen molar-refractivity contribution in [3.63, 3.8) is 0 Å². The Morgan fingerprint density at radius 3 is 1.16 bits per heavy atom. The third kappa shape index (κ3) is 20.4. The van der Waals surface area contributed by atoms with Crippen LogP contribution in [0.1, 0.15) is 85.8 Å². The fraction of sp³-hybridized carbons (Fsp3) is 0.465. The van der Waals surface area contributed by atoms with E-state index in [0.29, 0.717) is 23.0 Å². The van der Waals surface area contributed by atoms with Gasteiger partial charge in [0.15, 0.2) is 12.6 Å². The molecule has 2 aliphatic heterocycles. The summed E-state index contributed by atoms with van der Waals surface area (Å²) in [6.45, 7) is 4.88. The third-order valence-corrected chi connectivity index (χ3v) is 15.5. The van der Waals surface area contributed by atoms with E-state index in [4.69, 9.17) is 75.8 Å². The maximum absolute atomic E-state index is 12.7. The maximum Gasteiger partial charge on any atom is 0.187 e. The highest BCUT2D eigenvalue weighted by Crippen LogP contribution is 2.37. The molecule has 1 N–H and O–H groups in total. The number of hydrogen-bond acceptors (Lipinski definition) is 17. The highest BCUT2D eigenvalue weighted by atomic mass is 16.8. The van der Waals surface area contributed by atoms with Crippen molar-refractivity contribution in [2.45, 2.75) is 160 Å². The van der Waals surface area contributed by atoms with Crippen molar-refractivity contribution in [2.75, 3.05) is 55.9 Å². The number of benzene rings is 6. The minimum atomic E-state index is -1.28. The maximum atomic E-state index is 12.7. The van der Waals surface area contributed by atoms with E-state index in [-0.39, 0.29) is 59.0 Å². The molecule has 0 aliphatic carbocycles. The van der Waals surface area contributed by atoms with E-state index in [1.807, 2.05) is 159 Å².